The van der Waals surface area contributed by atoms with Gasteiger partial charge in [-0.05, 0) is 36.2 Å². The van der Waals surface area contributed by atoms with Gasteiger partial charge in [0.25, 0.3) is 0 Å². The van der Waals surface area contributed by atoms with Gasteiger partial charge in [0.2, 0.25) is 0 Å². The Morgan fingerprint density at radius 1 is 1.41 bits per heavy atom. The summed E-state index contributed by atoms with van der Waals surface area (Å²) in [5.41, 5.74) is 1.80. The summed E-state index contributed by atoms with van der Waals surface area (Å²) in [4.78, 5) is 14.8. The molecule has 0 amide bonds. The summed E-state index contributed by atoms with van der Waals surface area (Å²) in [5.74, 6) is -0.0228. The van der Waals surface area contributed by atoms with Gasteiger partial charge in [-0.3, -0.25) is 9.78 Å². The standard InChI is InChI=1S/C13H13NO3/c1-17-11-3-4-12-10(7-11)6-9(8-14-12)2-5-13(15)16/h3-4,6-8H,2,5H2,1H3,(H,15,16). The topological polar surface area (TPSA) is 59.4 Å². The van der Waals surface area contributed by atoms with E-state index >= 15 is 0 Å². The minimum Gasteiger partial charge on any atom is -0.497 e. The van der Waals surface area contributed by atoms with Crippen LogP contribution in [0.25, 0.3) is 10.9 Å². The van der Waals surface area contributed by atoms with Gasteiger partial charge in [0.05, 0.1) is 12.6 Å². The Kier molecular flexibility index (Phi) is 3.23. The number of hydrogen-bond acceptors (Lipinski definition) is 3. The number of pyridine rings is 1. The predicted molar refractivity (Wildman–Crippen MR) is 64.3 cm³/mol. The number of aliphatic carboxylic acids is 1. The van der Waals surface area contributed by atoms with Crippen LogP contribution in [0.2, 0.25) is 0 Å². The second-order valence-electron chi connectivity index (χ2n) is 3.80. The molecule has 0 saturated carbocycles. The van der Waals surface area contributed by atoms with Gasteiger partial charge in [0.15, 0.2) is 0 Å². The zero-order valence-corrected chi connectivity index (χ0v) is 9.51. The van der Waals surface area contributed by atoms with Crippen molar-refractivity contribution in [3.8, 4) is 5.75 Å². The van der Waals surface area contributed by atoms with Crippen LogP contribution in [-0.2, 0) is 11.2 Å². The first-order valence-corrected chi connectivity index (χ1v) is 5.33. The van der Waals surface area contributed by atoms with Crippen molar-refractivity contribution in [2.75, 3.05) is 7.11 Å². The van der Waals surface area contributed by atoms with Crippen LogP contribution in [0, 0.1) is 0 Å². The van der Waals surface area contributed by atoms with Gasteiger partial charge in [-0.2, -0.15) is 0 Å². The number of carbonyl (C=O) groups is 1. The van der Waals surface area contributed by atoms with Crippen molar-refractivity contribution in [1.82, 2.24) is 4.98 Å². The van der Waals surface area contributed by atoms with Gasteiger partial charge >= 0.3 is 5.97 Å². The molecule has 1 heterocycles. The maximum Gasteiger partial charge on any atom is 0.303 e. The molecule has 0 saturated heterocycles. The molecule has 2 rings (SSSR count). The highest BCUT2D eigenvalue weighted by Crippen LogP contribution is 2.20. The Bertz CT molecular complexity index is 551. The molecule has 1 N–H and O–H groups in total. The first-order valence-electron chi connectivity index (χ1n) is 5.33. The summed E-state index contributed by atoms with van der Waals surface area (Å²) in [6.07, 6.45) is 2.34. The molecule has 4 heteroatoms. The van der Waals surface area contributed by atoms with E-state index < -0.39 is 5.97 Å². The zero-order valence-electron chi connectivity index (χ0n) is 9.51. The summed E-state index contributed by atoms with van der Waals surface area (Å²) in [7, 11) is 1.61. The van der Waals surface area contributed by atoms with Crippen LogP contribution in [0.1, 0.15) is 12.0 Å². The lowest BCUT2D eigenvalue weighted by Gasteiger charge is -2.04. The summed E-state index contributed by atoms with van der Waals surface area (Å²) in [5, 5.41) is 9.59. The summed E-state index contributed by atoms with van der Waals surface area (Å²) < 4.78 is 5.14. The molecule has 0 aliphatic carbocycles. The van der Waals surface area contributed by atoms with E-state index in [1.807, 2.05) is 24.3 Å². The Morgan fingerprint density at radius 2 is 2.24 bits per heavy atom. The molecule has 88 valence electrons. The molecule has 1 aromatic heterocycles. The van der Waals surface area contributed by atoms with Gasteiger partial charge in [0.1, 0.15) is 5.75 Å². The average Bonchev–Trinajstić information content (AvgIpc) is 2.35. The van der Waals surface area contributed by atoms with E-state index in [4.69, 9.17) is 9.84 Å². The summed E-state index contributed by atoms with van der Waals surface area (Å²) in [6, 6.07) is 7.59. The van der Waals surface area contributed by atoms with E-state index in [2.05, 4.69) is 4.98 Å². The Labute approximate surface area is 98.9 Å². The van der Waals surface area contributed by atoms with Crippen LogP contribution in [0.4, 0.5) is 0 Å². The highest BCUT2D eigenvalue weighted by Gasteiger charge is 2.02. The van der Waals surface area contributed by atoms with Crippen molar-refractivity contribution in [2.45, 2.75) is 12.8 Å². The van der Waals surface area contributed by atoms with Gasteiger partial charge in [0, 0.05) is 18.0 Å². The quantitative estimate of drug-likeness (QED) is 0.876. The lowest BCUT2D eigenvalue weighted by molar-refractivity contribution is -0.136. The van der Waals surface area contributed by atoms with E-state index in [0.29, 0.717) is 6.42 Å². The lowest BCUT2D eigenvalue weighted by Crippen LogP contribution is -1.98. The monoisotopic (exact) mass is 231 g/mol. The van der Waals surface area contributed by atoms with Crippen LogP contribution in [0.5, 0.6) is 5.75 Å². The molecule has 0 unspecified atom stereocenters. The number of carboxylic acids is 1. The largest absolute Gasteiger partial charge is 0.497 e. The molecule has 0 bridgehead atoms. The smallest absolute Gasteiger partial charge is 0.303 e. The number of hydrogen-bond donors (Lipinski definition) is 1. The molecular weight excluding hydrogens is 218 g/mol. The normalized spacial score (nSPS) is 10.4. The number of benzene rings is 1. The summed E-state index contributed by atoms with van der Waals surface area (Å²) >= 11 is 0. The zero-order chi connectivity index (χ0) is 12.3. The second kappa shape index (κ2) is 4.82. The van der Waals surface area contributed by atoms with Crippen molar-refractivity contribution in [3.05, 3.63) is 36.0 Å². The molecule has 17 heavy (non-hydrogen) atoms. The van der Waals surface area contributed by atoms with Crippen molar-refractivity contribution in [3.63, 3.8) is 0 Å². The maximum atomic E-state index is 10.5. The van der Waals surface area contributed by atoms with Gasteiger partial charge in [-0.1, -0.05) is 0 Å². The second-order valence-corrected chi connectivity index (χ2v) is 3.80. The molecule has 0 aliphatic heterocycles. The predicted octanol–water partition coefficient (Wildman–Crippen LogP) is 2.26. The lowest BCUT2D eigenvalue weighted by atomic mass is 10.1. The number of aromatic nitrogens is 1. The Hall–Kier alpha value is -2.10. The van der Waals surface area contributed by atoms with Gasteiger partial charge in [-0.25, -0.2) is 0 Å². The van der Waals surface area contributed by atoms with Crippen LogP contribution >= 0.6 is 0 Å². The van der Waals surface area contributed by atoms with Crippen LogP contribution < -0.4 is 4.74 Å². The van der Waals surface area contributed by atoms with Crippen molar-refractivity contribution in [1.29, 1.82) is 0 Å². The highest BCUT2D eigenvalue weighted by atomic mass is 16.5. The third kappa shape index (κ3) is 2.72. The number of methoxy groups -OCH3 is 1. The highest BCUT2D eigenvalue weighted by molar-refractivity contribution is 5.80. The Balaban J connectivity index is 2.31. The van der Waals surface area contributed by atoms with E-state index in [-0.39, 0.29) is 6.42 Å². The molecule has 0 radical (unpaired) electrons. The molecule has 0 atom stereocenters. The third-order valence-corrected chi connectivity index (χ3v) is 2.57. The molecule has 2 aromatic rings. The molecule has 0 spiro atoms. The van der Waals surface area contributed by atoms with E-state index in [9.17, 15) is 4.79 Å². The molecule has 0 fully saturated rings. The summed E-state index contributed by atoms with van der Waals surface area (Å²) in [6.45, 7) is 0. The number of rotatable bonds is 4. The molecule has 4 nitrogen and oxygen atoms in total. The maximum absolute atomic E-state index is 10.5. The van der Waals surface area contributed by atoms with Crippen LogP contribution in [-0.4, -0.2) is 23.2 Å². The molecule has 0 aliphatic rings. The number of fused-ring (bicyclic) bond motifs is 1. The van der Waals surface area contributed by atoms with Crippen LogP contribution in [0.3, 0.4) is 0 Å². The fraction of sp³-hybridized carbons (Fsp3) is 0.231. The van der Waals surface area contributed by atoms with Crippen LogP contribution in [0.15, 0.2) is 30.5 Å². The average molecular weight is 231 g/mol. The minimum absolute atomic E-state index is 0.122. The van der Waals surface area contributed by atoms with Gasteiger partial charge < -0.3 is 9.84 Å². The first kappa shape index (κ1) is 11.4. The van der Waals surface area contributed by atoms with E-state index in [1.54, 1.807) is 13.3 Å². The third-order valence-electron chi connectivity index (χ3n) is 2.57. The van der Waals surface area contributed by atoms with Crippen molar-refractivity contribution < 1.29 is 14.6 Å². The van der Waals surface area contributed by atoms with Crippen molar-refractivity contribution >= 4 is 16.9 Å². The Morgan fingerprint density at radius 3 is 2.94 bits per heavy atom. The minimum atomic E-state index is -0.796. The number of carboxylic acid groups (broad SMARTS) is 1. The van der Waals surface area contributed by atoms with Crippen molar-refractivity contribution in [2.24, 2.45) is 0 Å². The van der Waals surface area contributed by atoms with E-state index in [0.717, 1.165) is 22.2 Å². The number of ether oxygens (including phenoxy) is 1. The van der Waals surface area contributed by atoms with Gasteiger partial charge in [-0.15, -0.1) is 0 Å². The fourth-order valence-electron chi connectivity index (χ4n) is 1.67. The SMILES string of the molecule is COc1ccc2ncc(CCC(=O)O)cc2c1. The van der Waals surface area contributed by atoms with E-state index in [1.165, 1.54) is 0 Å². The molecular formula is C13H13NO3. The first-order chi connectivity index (χ1) is 8.19. The fourth-order valence-corrected chi connectivity index (χ4v) is 1.67. The molecule has 1 aromatic carbocycles. The number of nitrogens with zero attached hydrogens (tertiary/aromatic N) is 1. The number of aryl methyl sites for hydroxylation is 1.